The van der Waals surface area contributed by atoms with Gasteiger partial charge in [-0.15, -0.1) is 15.3 Å². The van der Waals surface area contributed by atoms with E-state index in [0.29, 0.717) is 22.4 Å². The van der Waals surface area contributed by atoms with Crippen LogP contribution in [0.1, 0.15) is 45.5 Å². The highest BCUT2D eigenvalue weighted by atomic mass is 32.1. The summed E-state index contributed by atoms with van der Waals surface area (Å²) in [4.78, 5) is 12.9. The SMILES string of the molecule is Cc1ccc(CNC(=O)c2nn3c(C4CC4)nnc3s2)cc1. The minimum atomic E-state index is -0.169. The third-order valence-corrected chi connectivity index (χ3v) is 4.62. The fraction of sp³-hybridized carbons (Fsp3) is 0.333. The fourth-order valence-corrected chi connectivity index (χ4v) is 3.05. The number of hydrogen-bond acceptors (Lipinski definition) is 5. The van der Waals surface area contributed by atoms with Crippen LogP contribution < -0.4 is 5.32 Å². The molecule has 3 aromatic rings. The summed E-state index contributed by atoms with van der Waals surface area (Å²) in [7, 11) is 0. The van der Waals surface area contributed by atoms with Gasteiger partial charge in [0, 0.05) is 12.5 Å². The van der Waals surface area contributed by atoms with Gasteiger partial charge in [-0.3, -0.25) is 4.79 Å². The van der Waals surface area contributed by atoms with E-state index >= 15 is 0 Å². The fourth-order valence-electron chi connectivity index (χ4n) is 2.28. The Morgan fingerprint density at radius 2 is 2.09 bits per heavy atom. The molecule has 2 aromatic heterocycles. The van der Waals surface area contributed by atoms with Crippen molar-refractivity contribution >= 4 is 22.2 Å². The van der Waals surface area contributed by atoms with Crippen LogP contribution in [0.25, 0.3) is 4.96 Å². The average molecular weight is 313 g/mol. The Labute approximate surface area is 131 Å². The van der Waals surface area contributed by atoms with Crippen LogP contribution in [0.5, 0.6) is 0 Å². The molecule has 0 bridgehead atoms. The zero-order valence-electron chi connectivity index (χ0n) is 12.1. The topological polar surface area (TPSA) is 72.2 Å². The van der Waals surface area contributed by atoms with E-state index < -0.39 is 0 Å². The van der Waals surface area contributed by atoms with Crippen molar-refractivity contribution in [2.75, 3.05) is 0 Å². The maximum Gasteiger partial charge on any atom is 0.282 e. The molecule has 22 heavy (non-hydrogen) atoms. The third-order valence-electron chi connectivity index (χ3n) is 3.73. The maximum absolute atomic E-state index is 12.2. The summed E-state index contributed by atoms with van der Waals surface area (Å²) < 4.78 is 1.71. The summed E-state index contributed by atoms with van der Waals surface area (Å²) in [6.45, 7) is 2.54. The molecule has 1 aromatic carbocycles. The minimum Gasteiger partial charge on any atom is -0.346 e. The molecule has 112 valence electrons. The van der Waals surface area contributed by atoms with Crippen LogP contribution in [0.3, 0.4) is 0 Å². The molecule has 7 heteroatoms. The van der Waals surface area contributed by atoms with Crippen molar-refractivity contribution in [2.45, 2.75) is 32.2 Å². The van der Waals surface area contributed by atoms with E-state index in [-0.39, 0.29) is 5.91 Å². The van der Waals surface area contributed by atoms with Crippen molar-refractivity contribution in [3.63, 3.8) is 0 Å². The standard InChI is InChI=1S/C15H15N5OS/c1-9-2-4-10(5-3-9)8-16-13(21)14-19-20-12(11-6-7-11)17-18-15(20)22-14/h2-5,11H,6-8H2,1H3,(H,16,21). The normalized spacial score (nSPS) is 14.4. The van der Waals surface area contributed by atoms with Gasteiger partial charge in [-0.05, 0) is 25.3 Å². The van der Waals surface area contributed by atoms with Crippen molar-refractivity contribution < 1.29 is 4.79 Å². The molecule has 0 atom stereocenters. The molecule has 1 saturated carbocycles. The smallest absolute Gasteiger partial charge is 0.282 e. The number of hydrogen-bond donors (Lipinski definition) is 1. The molecule has 1 amide bonds. The molecule has 0 unspecified atom stereocenters. The van der Waals surface area contributed by atoms with Crippen LogP contribution in [0.15, 0.2) is 24.3 Å². The molecule has 1 N–H and O–H groups in total. The summed E-state index contributed by atoms with van der Waals surface area (Å²) in [6, 6.07) is 8.10. The molecule has 6 nitrogen and oxygen atoms in total. The van der Waals surface area contributed by atoms with Gasteiger partial charge in [0.25, 0.3) is 5.91 Å². The quantitative estimate of drug-likeness (QED) is 0.802. The van der Waals surface area contributed by atoms with Gasteiger partial charge < -0.3 is 5.32 Å². The lowest BCUT2D eigenvalue weighted by atomic mass is 10.1. The summed E-state index contributed by atoms with van der Waals surface area (Å²) >= 11 is 1.28. The molecule has 0 saturated heterocycles. The molecule has 4 rings (SSSR count). The number of carbonyl (C=O) groups excluding carboxylic acids is 1. The Balaban J connectivity index is 1.49. The summed E-state index contributed by atoms with van der Waals surface area (Å²) in [5, 5.41) is 15.9. The molecular weight excluding hydrogens is 298 g/mol. The minimum absolute atomic E-state index is 0.169. The van der Waals surface area contributed by atoms with Crippen molar-refractivity contribution in [2.24, 2.45) is 0 Å². The van der Waals surface area contributed by atoms with E-state index in [4.69, 9.17) is 0 Å². The van der Waals surface area contributed by atoms with Gasteiger partial charge in [-0.2, -0.15) is 4.52 Å². The highest BCUT2D eigenvalue weighted by Gasteiger charge is 2.30. The van der Waals surface area contributed by atoms with Gasteiger partial charge in [-0.1, -0.05) is 41.2 Å². The van der Waals surface area contributed by atoms with E-state index in [9.17, 15) is 4.79 Å². The largest absolute Gasteiger partial charge is 0.346 e. The van der Waals surface area contributed by atoms with E-state index in [1.54, 1.807) is 4.52 Å². The monoisotopic (exact) mass is 313 g/mol. The van der Waals surface area contributed by atoms with Crippen molar-refractivity contribution in [1.29, 1.82) is 0 Å². The Bertz CT molecular complexity index is 831. The van der Waals surface area contributed by atoms with Gasteiger partial charge in [0.1, 0.15) is 0 Å². The van der Waals surface area contributed by atoms with Gasteiger partial charge >= 0.3 is 0 Å². The van der Waals surface area contributed by atoms with Crippen molar-refractivity contribution in [1.82, 2.24) is 25.1 Å². The lowest BCUT2D eigenvalue weighted by Crippen LogP contribution is -2.22. The van der Waals surface area contributed by atoms with Crippen molar-refractivity contribution in [3.05, 3.63) is 46.2 Å². The predicted octanol–water partition coefficient (Wildman–Crippen LogP) is 2.30. The second-order valence-electron chi connectivity index (χ2n) is 5.60. The first kappa shape index (κ1) is 13.4. The van der Waals surface area contributed by atoms with E-state index in [1.807, 2.05) is 31.2 Å². The Hall–Kier alpha value is -2.28. The molecule has 1 aliphatic rings. The zero-order chi connectivity index (χ0) is 15.1. The van der Waals surface area contributed by atoms with Crippen molar-refractivity contribution in [3.8, 4) is 0 Å². The molecule has 2 heterocycles. The molecule has 1 aliphatic carbocycles. The summed E-state index contributed by atoms with van der Waals surface area (Å²) in [6.07, 6.45) is 2.26. The second kappa shape index (κ2) is 5.17. The molecule has 1 fully saturated rings. The number of benzene rings is 1. The Kier molecular flexibility index (Phi) is 3.15. The van der Waals surface area contributed by atoms with Gasteiger partial charge in [0.15, 0.2) is 5.82 Å². The summed E-state index contributed by atoms with van der Waals surface area (Å²) in [5.41, 5.74) is 2.27. The number of carbonyl (C=O) groups is 1. The number of aromatic nitrogens is 4. The van der Waals surface area contributed by atoms with Gasteiger partial charge in [0.2, 0.25) is 9.97 Å². The van der Waals surface area contributed by atoms with E-state index in [2.05, 4.69) is 20.6 Å². The molecule has 0 radical (unpaired) electrons. The zero-order valence-corrected chi connectivity index (χ0v) is 12.9. The van der Waals surface area contributed by atoms with Gasteiger partial charge in [-0.25, -0.2) is 0 Å². The average Bonchev–Trinajstić information content (AvgIpc) is 3.14. The van der Waals surface area contributed by atoms with Gasteiger partial charge in [0.05, 0.1) is 0 Å². The van der Waals surface area contributed by atoms with E-state index in [1.165, 1.54) is 16.9 Å². The number of amides is 1. The van der Waals surface area contributed by atoms with Crippen LogP contribution in [-0.2, 0) is 6.54 Å². The second-order valence-corrected chi connectivity index (χ2v) is 6.56. The lowest BCUT2D eigenvalue weighted by molar-refractivity contribution is 0.0949. The van der Waals surface area contributed by atoms with Crippen LogP contribution in [0.2, 0.25) is 0 Å². The van der Waals surface area contributed by atoms with E-state index in [0.717, 1.165) is 24.2 Å². The predicted molar refractivity (Wildman–Crippen MR) is 83.0 cm³/mol. The number of fused-ring (bicyclic) bond motifs is 1. The molecule has 0 spiro atoms. The number of aryl methyl sites for hydroxylation is 1. The van der Waals surface area contributed by atoms with Crippen LogP contribution >= 0.6 is 11.3 Å². The highest BCUT2D eigenvalue weighted by Crippen LogP contribution is 2.39. The lowest BCUT2D eigenvalue weighted by Gasteiger charge is -2.03. The molecular formula is C15H15N5OS. The third kappa shape index (κ3) is 2.48. The number of nitrogens with zero attached hydrogens (tertiary/aromatic N) is 4. The Morgan fingerprint density at radius 1 is 1.32 bits per heavy atom. The maximum atomic E-state index is 12.2. The molecule has 0 aliphatic heterocycles. The number of rotatable bonds is 4. The first-order valence-electron chi connectivity index (χ1n) is 7.26. The number of nitrogens with one attached hydrogen (secondary N) is 1. The Morgan fingerprint density at radius 3 is 2.82 bits per heavy atom. The summed E-state index contributed by atoms with van der Waals surface area (Å²) in [5.74, 6) is 1.17. The first-order chi connectivity index (χ1) is 10.7. The highest BCUT2D eigenvalue weighted by molar-refractivity contribution is 7.18. The van der Waals surface area contributed by atoms with Crippen LogP contribution in [0.4, 0.5) is 0 Å². The first-order valence-corrected chi connectivity index (χ1v) is 8.08. The van der Waals surface area contributed by atoms with Crippen LogP contribution in [-0.4, -0.2) is 25.7 Å². The van der Waals surface area contributed by atoms with Crippen LogP contribution in [0, 0.1) is 6.92 Å².